The van der Waals surface area contributed by atoms with Gasteiger partial charge in [0.15, 0.2) is 0 Å². The van der Waals surface area contributed by atoms with Crippen molar-refractivity contribution in [3.8, 4) is 11.5 Å². The van der Waals surface area contributed by atoms with Gasteiger partial charge < -0.3 is 15.2 Å². The second kappa shape index (κ2) is 3.67. The van der Waals surface area contributed by atoms with Crippen LogP contribution in [0.15, 0.2) is 12.1 Å². The van der Waals surface area contributed by atoms with E-state index in [0.29, 0.717) is 18.4 Å². The van der Waals surface area contributed by atoms with E-state index in [9.17, 15) is 0 Å². The summed E-state index contributed by atoms with van der Waals surface area (Å²) in [5, 5.41) is 0. The Morgan fingerprint density at radius 3 is 3.00 bits per heavy atom. The summed E-state index contributed by atoms with van der Waals surface area (Å²) in [6.07, 6.45) is 2.34. The summed E-state index contributed by atoms with van der Waals surface area (Å²) in [4.78, 5) is 0. The Hall–Kier alpha value is -1.22. The van der Waals surface area contributed by atoms with E-state index in [1.54, 1.807) is 7.11 Å². The molecule has 0 fully saturated rings. The number of hydrogen-bond acceptors (Lipinski definition) is 3. The molecule has 0 unspecified atom stereocenters. The van der Waals surface area contributed by atoms with Crippen molar-refractivity contribution < 1.29 is 9.47 Å². The maximum Gasteiger partial charge on any atom is 0.123 e. The highest BCUT2D eigenvalue weighted by atomic mass is 16.5. The van der Waals surface area contributed by atoms with Crippen molar-refractivity contribution in [1.82, 2.24) is 0 Å². The van der Waals surface area contributed by atoms with Crippen LogP contribution in [-0.2, 0) is 0 Å². The van der Waals surface area contributed by atoms with Crippen molar-refractivity contribution in [1.29, 1.82) is 0 Å². The number of benzene rings is 1. The molecule has 0 saturated heterocycles. The summed E-state index contributed by atoms with van der Waals surface area (Å²) in [6.45, 7) is 1.52. The molecule has 0 bridgehead atoms. The van der Waals surface area contributed by atoms with Gasteiger partial charge in [0.05, 0.1) is 13.7 Å². The van der Waals surface area contributed by atoms with Crippen LogP contribution < -0.4 is 15.2 Å². The lowest BCUT2D eigenvalue weighted by Crippen LogP contribution is -2.21. The van der Waals surface area contributed by atoms with Crippen LogP contribution in [0.4, 0.5) is 0 Å². The van der Waals surface area contributed by atoms with Gasteiger partial charge in [-0.1, -0.05) is 0 Å². The van der Waals surface area contributed by atoms with E-state index in [1.165, 1.54) is 17.5 Å². The summed E-state index contributed by atoms with van der Waals surface area (Å²) in [6, 6.07) is 4.03. The maximum absolute atomic E-state index is 5.86. The fourth-order valence-corrected chi connectivity index (χ4v) is 3.03. The molecule has 3 rings (SSSR count). The van der Waals surface area contributed by atoms with Crippen molar-refractivity contribution in [2.24, 2.45) is 5.73 Å². The number of rotatable bonds is 2. The summed E-state index contributed by atoms with van der Waals surface area (Å²) >= 11 is 0. The lowest BCUT2D eigenvalue weighted by molar-refractivity contribution is 0.318. The topological polar surface area (TPSA) is 44.5 Å². The highest BCUT2D eigenvalue weighted by molar-refractivity contribution is 5.55. The SMILES string of the molecule is COc1ccc2c3c1[C@H](CN)CC[C@@H]3CO2. The van der Waals surface area contributed by atoms with E-state index in [1.807, 2.05) is 12.1 Å². The van der Waals surface area contributed by atoms with Gasteiger partial charge >= 0.3 is 0 Å². The third-order valence-corrected chi connectivity index (χ3v) is 3.83. The molecule has 1 aliphatic carbocycles. The van der Waals surface area contributed by atoms with E-state index in [0.717, 1.165) is 24.5 Å². The van der Waals surface area contributed by atoms with Crippen LogP contribution in [0.25, 0.3) is 0 Å². The van der Waals surface area contributed by atoms with Gasteiger partial charge in [-0.2, -0.15) is 0 Å². The van der Waals surface area contributed by atoms with E-state index < -0.39 is 0 Å². The Bertz CT molecular complexity index is 417. The molecule has 86 valence electrons. The first kappa shape index (κ1) is 9.97. The Morgan fingerprint density at radius 2 is 2.25 bits per heavy atom. The zero-order valence-corrected chi connectivity index (χ0v) is 9.53. The van der Waals surface area contributed by atoms with Crippen LogP contribution in [-0.4, -0.2) is 20.3 Å². The summed E-state index contributed by atoms with van der Waals surface area (Å²) in [7, 11) is 1.73. The molecule has 2 N–H and O–H groups in total. The normalized spacial score (nSPS) is 26.1. The smallest absolute Gasteiger partial charge is 0.123 e. The van der Waals surface area contributed by atoms with Gasteiger partial charge in [0.2, 0.25) is 0 Å². The standard InChI is InChI=1S/C13H17NO2/c1-15-10-4-5-11-13-9(7-16-11)3-2-8(6-14)12(10)13/h4-5,8-9H,2-3,6-7,14H2,1H3/t8-,9+/m0/s1. The number of methoxy groups -OCH3 is 1. The quantitative estimate of drug-likeness (QED) is 0.827. The first-order chi connectivity index (χ1) is 7.85. The molecule has 0 radical (unpaired) electrons. The van der Waals surface area contributed by atoms with Crippen LogP contribution >= 0.6 is 0 Å². The second-order valence-electron chi connectivity index (χ2n) is 4.61. The molecular weight excluding hydrogens is 202 g/mol. The minimum Gasteiger partial charge on any atom is -0.496 e. The zero-order chi connectivity index (χ0) is 11.1. The van der Waals surface area contributed by atoms with Gasteiger partial charge in [-0.15, -0.1) is 0 Å². The highest BCUT2D eigenvalue weighted by Crippen LogP contribution is 2.50. The molecule has 1 heterocycles. The summed E-state index contributed by atoms with van der Waals surface area (Å²) < 4.78 is 11.2. The fourth-order valence-electron chi connectivity index (χ4n) is 3.03. The molecule has 3 nitrogen and oxygen atoms in total. The molecule has 1 aromatic rings. The number of ether oxygens (including phenoxy) is 2. The largest absolute Gasteiger partial charge is 0.496 e. The van der Waals surface area contributed by atoms with Gasteiger partial charge in [0.1, 0.15) is 11.5 Å². The molecule has 0 amide bonds. The average Bonchev–Trinajstić information content (AvgIpc) is 2.75. The predicted octanol–water partition coefficient (Wildman–Crippen LogP) is 2.01. The number of nitrogens with two attached hydrogens (primary N) is 1. The van der Waals surface area contributed by atoms with Crippen molar-refractivity contribution in [2.45, 2.75) is 24.7 Å². The van der Waals surface area contributed by atoms with Gasteiger partial charge in [0.25, 0.3) is 0 Å². The molecule has 1 aromatic carbocycles. The second-order valence-corrected chi connectivity index (χ2v) is 4.61. The van der Waals surface area contributed by atoms with E-state index in [2.05, 4.69) is 0 Å². The first-order valence-corrected chi connectivity index (χ1v) is 5.88. The predicted molar refractivity (Wildman–Crippen MR) is 62.3 cm³/mol. The van der Waals surface area contributed by atoms with Crippen LogP contribution in [0, 0.1) is 0 Å². The third-order valence-electron chi connectivity index (χ3n) is 3.83. The average molecular weight is 219 g/mol. The molecule has 3 heteroatoms. The van der Waals surface area contributed by atoms with Crippen LogP contribution in [0.2, 0.25) is 0 Å². The lowest BCUT2D eigenvalue weighted by Gasteiger charge is -2.28. The molecule has 0 spiro atoms. The molecule has 16 heavy (non-hydrogen) atoms. The molecule has 1 aliphatic heterocycles. The Balaban J connectivity index is 2.19. The van der Waals surface area contributed by atoms with Crippen LogP contribution in [0.1, 0.15) is 35.8 Å². The number of hydrogen-bond donors (Lipinski definition) is 1. The molecule has 0 aromatic heterocycles. The Kier molecular flexibility index (Phi) is 2.28. The van der Waals surface area contributed by atoms with Gasteiger partial charge in [-0.3, -0.25) is 0 Å². The van der Waals surface area contributed by atoms with E-state index in [4.69, 9.17) is 15.2 Å². The maximum atomic E-state index is 5.86. The Morgan fingerprint density at radius 1 is 1.38 bits per heavy atom. The van der Waals surface area contributed by atoms with Crippen molar-refractivity contribution in [3.05, 3.63) is 23.3 Å². The van der Waals surface area contributed by atoms with Crippen LogP contribution in [0.3, 0.4) is 0 Å². The van der Waals surface area contributed by atoms with Gasteiger partial charge in [0, 0.05) is 23.0 Å². The van der Waals surface area contributed by atoms with E-state index in [-0.39, 0.29) is 0 Å². The Labute approximate surface area is 95.5 Å². The zero-order valence-electron chi connectivity index (χ0n) is 9.53. The molecule has 0 saturated carbocycles. The van der Waals surface area contributed by atoms with E-state index >= 15 is 0 Å². The van der Waals surface area contributed by atoms with Crippen molar-refractivity contribution >= 4 is 0 Å². The van der Waals surface area contributed by atoms with Gasteiger partial charge in [-0.05, 0) is 31.5 Å². The summed E-state index contributed by atoms with van der Waals surface area (Å²) in [5.74, 6) is 3.01. The van der Waals surface area contributed by atoms with Gasteiger partial charge in [-0.25, -0.2) is 0 Å². The lowest BCUT2D eigenvalue weighted by atomic mass is 9.77. The molecule has 2 aliphatic rings. The summed E-state index contributed by atoms with van der Waals surface area (Å²) in [5.41, 5.74) is 8.53. The van der Waals surface area contributed by atoms with Crippen molar-refractivity contribution in [2.75, 3.05) is 20.3 Å². The monoisotopic (exact) mass is 219 g/mol. The van der Waals surface area contributed by atoms with Crippen LogP contribution in [0.5, 0.6) is 11.5 Å². The minimum atomic E-state index is 0.433. The molecule has 2 atom stereocenters. The molecular formula is C13H17NO2. The fraction of sp³-hybridized carbons (Fsp3) is 0.538. The minimum absolute atomic E-state index is 0.433. The third kappa shape index (κ3) is 1.24. The first-order valence-electron chi connectivity index (χ1n) is 5.88. The highest BCUT2D eigenvalue weighted by Gasteiger charge is 2.35. The van der Waals surface area contributed by atoms with Crippen molar-refractivity contribution in [3.63, 3.8) is 0 Å².